The molecule has 1 aromatic carbocycles. The molecule has 1 aliphatic rings. The number of benzene rings is 1. The first kappa shape index (κ1) is 12.2. The zero-order chi connectivity index (χ0) is 12.3. The summed E-state index contributed by atoms with van der Waals surface area (Å²) in [5, 5.41) is 3.31. The number of hydrogen-bond acceptors (Lipinski definition) is 3. The van der Waals surface area contributed by atoms with Gasteiger partial charge < -0.3 is 15.8 Å². The molecule has 2 rings (SSSR count). The molecule has 1 aliphatic heterocycles. The van der Waals surface area contributed by atoms with E-state index in [1.165, 1.54) is 0 Å². The van der Waals surface area contributed by atoms with Crippen molar-refractivity contribution >= 4 is 23.2 Å². The summed E-state index contributed by atoms with van der Waals surface area (Å²) in [5.41, 5.74) is 6.57. The van der Waals surface area contributed by atoms with Crippen LogP contribution in [-0.4, -0.2) is 25.2 Å². The van der Waals surface area contributed by atoms with Crippen LogP contribution in [0.15, 0.2) is 18.2 Å². The van der Waals surface area contributed by atoms with Crippen molar-refractivity contribution < 1.29 is 9.53 Å². The number of hydrogen-bond donors (Lipinski definition) is 2. The van der Waals surface area contributed by atoms with Crippen LogP contribution in [0.3, 0.4) is 0 Å². The molecule has 0 aromatic heterocycles. The zero-order valence-electron chi connectivity index (χ0n) is 9.41. The van der Waals surface area contributed by atoms with Crippen molar-refractivity contribution in [2.24, 2.45) is 0 Å². The summed E-state index contributed by atoms with van der Waals surface area (Å²) in [5.74, 6) is -0.208. The third-order valence-corrected chi connectivity index (χ3v) is 3.01. The second-order valence-corrected chi connectivity index (χ2v) is 4.51. The van der Waals surface area contributed by atoms with Crippen molar-refractivity contribution in [1.29, 1.82) is 0 Å². The van der Waals surface area contributed by atoms with Crippen LogP contribution in [0.1, 0.15) is 23.2 Å². The van der Waals surface area contributed by atoms with Crippen LogP contribution in [0.4, 0.5) is 5.69 Å². The van der Waals surface area contributed by atoms with E-state index in [1.54, 1.807) is 18.2 Å². The minimum absolute atomic E-state index is 0.124. The van der Waals surface area contributed by atoms with E-state index in [2.05, 4.69) is 5.32 Å². The van der Waals surface area contributed by atoms with Gasteiger partial charge >= 0.3 is 0 Å². The third kappa shape index (κ3) is 3.11. The van der Waals surface area contributed by atoms with Gasteiger partial charge in [0.25, 0.3) is 5.91 Å². The Morgan fingerprint density at radius 1 is 1.59 bits per heavy atom. The molecule has 0 saturated carbocycles. The number of anilines is 1. The van der Waals surface area contributed by atoms with Crippen molar-refractivity contribution in [3.63, 3.8) is 0 Å². The Morgan fingerprint density at radius 3 is 3.12 bits per heavy atom. The Kier molecular flexibility index (Phi) is 3.86. The van der Waals surface area contributed by atoms with Gasteiger partial charge in [-0.25, -0.2) is 0 Å². The average Bonchev–Trinajstić information content (AvgIpc) is 2.82. The van der Waals surface area contributed by atoms with Crippen LogP contribution in [-0.2, 0) is 4.74 Å². The van der Waals surface area contributed by atoms with Gasteiger partial charge in [0, 0.05) is 23.9 Å². The Labute approximate surface area is 105 Å². The molecule has 92 valence electrons. The molecule has 0 radical (unpaired) electrons. The molecule has 0 aliphatic carbocycles. The minimum Gasteiger partial charge on any atom is -0.398 e. The van der Waals surface area contributed by atoms with Gasteiger partial charge in [0.2, 0.25) is 0 Å². The summed E-state index contributed by atoms with van der Waals surface area (Å²) in [7, 11) is 0. The van der Waals surface area contributed by atoms with E-state index in [0.29, 0.717) is 22.8 Å². The second kappa shape index (κ2) is 5.38. The van der Waals surface area contributed by atoms with Crippen molar-refractivity contribution in [3.05, 3.63) is 28.8 Å². The largest absolute Gasteiger partial charge is 0.398 e. The first-order chi connectivity index (χ1) is 8.16. The smallest absolute Gasteiger partial charge is 0.253 e. The quantitative estimate of drug-likeness (QED) is 0.809. The molecule has 1 heterocycles. The second-order valence-electron chi connectivity index (χ2n) is 4.08. The number of nitrogens with two attached hydrogens (primary N) is 1. The predicted molar refractivity (Wildman–Crippen MR) is 67.2 cm³/mol. The maximum absolute atomic E-state index is 11.9. The first-order valence-electron chi connectivity index (χ1n) is 5.61. The van der Waals surface area contributed by atoms with Crippen LogP contribution in [0, 0.1) is 0 Å². The highest BCUT2D eigenvalue weighted by Crippen LogP contribution is 2.18. The summed E-state index contributed by atoms with van der Waals surface area (Å²) < 4.78 is 5.42. The standard InChI is InChI=1S/C12H15ClN2O2/c13-8-3-4-11(14)10(6-8)12(16)15-7-9-2-1-5-17-9/h3-4,6,9H,1-2,5,7,14H2,(H,15,16)/t9-/m1/s1. The van der Waals surface area contributed by atoms with Crippen molar-refractivity contribution in [2.45, 2.75) is 18.9 Å². The van der Waals surface area contributed by atoms with Crippen molar-refractivity contribution in [2.75, 3.05) is 18.9 Å². The van der Waals surface area contributed by atoms with Crippen molar-refractivity contribution in [1.82, 2.24) is 5.32 Å². The Balaban J connectivity index is 1.96. The fourth-order valence-corrected chi connectivity index (χ4v) is 2.00. The van der Waals surface area contributed by atoms with Crippen LogP contribution < -0.4 is 11.1 Å². The topological polar surface area (TPSA) is 64.4 Å². The highest BCUT2D eigenvalue weighted by Gasteiger charge is 2.17. The van der Waals surface area contributed by atoms with Gasteiger partial charge in [0.05, 0.1) is 11.7 Å². The van der Waals surface area contributed by atoms with Crippen LogP contribution >= 0.6 is 11.6 Å². The monoisotopic (exact) mass is 254 g/mol. The molecule has 0 spiro atoms. The van der Waals surface area contributed by atoms with Gasteiger partial charge in [0.15, 0.2) is 0 Å². The SMILES string of the molecule is Nc1ccc(Cl)cc1C(=O)NC[C@H]1CCCO1. The molecule has 1 aromatic rings. The predicted octanol–water partition coefficient (Wildman–Crippen LogP) is 1.83. The first-order valence-corrected chi connectivity index (χ1v) is 5.99. The van der Waals surface area contributed by atoms with Crippen LogP contribution in [0.2, 0.25) is 5.02 Å². The van der Waals surface area contributed by atoms with E-state index in [0.717, 1.165) is 19.4 Å². The van der Waals surface area contributed by atoms with Gasteiger partial charge in [0.1, 0.15) is 0 Å². The summed E-state index contributed by atoms with van der Waals surface area (Å²) in [4.78, 5) is 11.9. The number of amides is 1. The zero-order valence-corrected chi connectivity index (χ0v) is 10.2. The number of rotatable bonds is 3. The molecule has 17 heavy (non-hydrogen) atoms. The Morgan fingerprint density at radius 2 is 2.41 bits per heavy atom. The molecular weight excluding hydrogens is 240 g/mol. The number of nitrogen functional groups attached to an aromatic ring is 1. The van der Waals surface area contributed by atoms with Gasteiger partial charge in [-0.2, -0.15) is 0 Å². The lowest BCUT2D eigenvalue weighted by Gasteiger charge is -2.11. The molecule has 0 bridgehead atoms. The highest BCUT2D eigenvalue weighted by atomic mass is 35.5. The molecule has 4 nitrogen and oxygen atoms in total. The van der Waals surface area contributed by atoms with E-state index >= 15 is 0 Å². The number of ether oxygens (including phenoxy) is 1. The average molecular weight is 255 g/mol. The van der Waals surface area contributed by atoms with Crippen LogP contribution in [0.5, 0.6) is 0 Å². The fraction of sp³-hybridized carbons (Fsp3) is 0.417. The molecular formula is C12H15ClN2O2. The highest BCUT2D eigenvalue weighted by molar-refractivity contribution is 6.31. The number of carbonyl (C=O) groups is 1. The lowest BCUT2D eigenvalue weighted by molar-refractivity contribution is 0.0858. The third-order valence-electron chi connectivity index (χ3n) is 2.77. The van der Waals surface area contributed by atoms with Crippen LogP contribution in [0.25, 0.3) is 0 Å². The van der Waals surface area contributed by atoms with E-state index in [4.69, 9.17) is 22.1 Å². The molecule has 1 amide bonds. The maximum atomic E-state index is 11.9. The molecule has 1 saturated heterocycles. The number of nitrogens with one attached hydrogen (secondary N) is 1. The number of halogens is 1. The number of carbonyl (C=O) groups excluding carboxylic acids is 1. The molecule has 0 unspecified atom stereocenters. The summed E-state index contributed by atoms with van der Waals surface area (Å²) >= 11 is 5.83. The van der Waals surface area contributed by atoms with E-state index < -0.39 is 0 Å². The molecule has 3 N–H and O–H groups in total. The summed E-state index contributed by atoms with van der Waals surface area (Å²) in [6.45, 7) is 1.30. The van der Waals surface area contributed by atoms with Crippen molar-refractivity contribution in [3.8, 4) is 0 Å². The van der Waals surface area contributed by atoms with Gasteiger partial charge in [-0.15, -0.1) is 0 Å². The fourth-order valence-electron chi connectivity index (χ4n) is 1.83. The van der Waals surface area contributed by atoms with E-state index in [9.17, 15) is 4.79 Å². The molecule has 1 fully saturated rings. The minimum atomic E-state index is -0.208. The normalized spacial score (nSPS) is 19.2. The van der Waals surface area contributed by atoms with Gasteiger partial charge in [-0.1, -0.05) is 11.6 Å². The van der Waals surface area contributed by atoms with Gasteiger partial charge in [-0.3, -0.25) is 4.79 Å². The lowest BCUT2D eigenvalue weighted by atomic mass is 10.1. The van der Waals surface area contributed by atoms with Gasteiger partial charge in [-0.05, 0) is 31.0 Å². The maximum Gasteiger partial charge on any atom is 0.253 e. The Bertz CT molecular complexity index is 417. The lowest BCUT2D eigenvalue weighted by Crippen LogP contribution is -2.32. The molecule has 1 atom stereocenters. The Hall–Kier alpha value is -1.26. The summed E-state index contributed by atoms with van der Waals surface area (Å²) in [6, 6.07) is 4.86. The summed E-state index contributed by atoms with van der Waals surface area (Å²) in [6.07, 6.45) is 2.17. The van der Waals surface area contributed by atoms with E-state index in [-0.39, 0.29) is 12.0 Å². The molecule has 5 heteroatoms. The van der Waals surface area contributed by atoms with E-state index in [1.807, 2.05) is 0 Å².